The van der Waals surface area contributed by atoms with Crippen molar-refractivity contribution >= 4 is 45.5 Å². The zero-order chi connectivity index (χ0) is 22.7. The fourth-order valence-corrected chi connectivity index (χ4v) is 4.92. The molecule has 0 unspecified atom stereocenters. The molecule has 7 nitrogen and oxygen atoms in total. The van der Waals surface area contributed by atoms with E-state index in [1.54, 1.807) is 42.3 Å². The molecule has 0 spiro atoms. The monoisotopic (exact) mass is 446 g/mol. The summed E-state index contributed by atoms with van der Waals surface area (Å²) in [6.07, 6.45) is 6.77. The molecule has 2 aromatic carbocycles. The van der Waals surface area contributed by atoms with Crippen LogP contribution in [0.15, 0.2) is 48.5 Å². The first kappa shape index (κ1) is 21.7. The van der Waals surface area contributed by atoms with Crippen LogP contribution >= 0.6 is 11.3 Å². The Balaban J connectivity index is 1.50. The highest BCUT2D eigenvalue weighted by Crippen LogP contribution is 2.29. The molecule has 1 aliphatic rings. The predicted octanol–water partition coefficient (Wildman–Crippen LogP) is 2.66. The molecule has 1 aliphatic heterocycles. The fraction of sp³-hybridized carbons (Fsp3) is 0.250. The van der Waals surface area contributed by atoms with E-state index in [9.17, 15) is 14.4 Å². The van der Waals surface area contributed by atoms with Gasteiger partial charge in [-0.3, -0.25) is 19.3 Å². The summed E-state index contributed by atoms with van der Waals surface area (Å²) in [6.45, 7) is 0.747. The van der Waals surface area contributed by atoms with Crippen molar-refractivity contribution in [3.8, 4) is 12.3 Å². The molecule has 1 N–H and O–H groups in total. The van der Waals surface area contributed by atoms with Gasteiger partial charge in [0, 0.05) is 18.7 Å². The van der Waals surface area contributed by atoms with Crippen molar-refractivity contribution in [1.29, 1.82) is 0 Å². The highest BCUT2D eigenvalue weighted by molar-refractivity contribution is 7.20. The zero-order valence-corrected chi connectivity index (χ0v) is 18.4. The van der Waals surface area contributed by atoms with E-state index in [1.165, 1.54) is 11.3 Å². The minimum atomic E-state index is -0.928. The average molecular weight is 447 g/mol. The number of nitrogens with zero attached hydrogens (tertiary/aromatic N) is 3. The molecule has 0 bridgehead atoms. The second-order valence-corrected chi connectivity index (χ2v) is 8.62. The third-order valence-electron chi connectivity index (χ3n) is 5.89. The number of aromatic nitrogens is 1. The number of amides is 3. The number of para-hydroxylation sites is 1. The summed E-state index contributed by atoms with van der Waals surface area (Å²) >= 11 is 1.31. The van der Waals surface area contributed by atoms with Crippen molar-refractivity contribution in [2.24, 2.45) is 0 Å². The van der Waals surface area contributed by atoms with E-state index in [0.717, 1.165) is 20.7 Å². The minimum absolute atomic E-state index is 0.166. The molecule has 0 saturated carbocycles. The Hall–Kier alpha value is -3.54. The first-order valence-corrected chi connectivity index (χ1v) is 11.0. The van der Waals surface area contributed by atoms with E-state index in [4.69, 9.17) is 6.42 Å². The second-order valence-electron chi connectivity index (χ2n) is 7.59. The van der Waals surface area contributed by atoms with Crippen molar-refractivity contribution in [1.82, 2.24) is 15.2 Å². The lowest BCUT2D eigenvalue weighted by Crippen LogP contribution is -2.62. The number of imide groups is 1. The number of anilines is 1. The molecule has 4 rings (SSSR count). The lowest BCUT2D eigenvalue weighted by molar-refractivity contribution is -0.128. The number of carbonyl (C=O) groups is 3. The first-order valence-electron chi connectivity index (χ1n) is 10.2. The van der Waals surface area contributed by atoms with Gasteiger partial charge in [-0.05, 0) is 50.2 Å². The van der Waals surface area contributed by atoms with Gasteiger partial charge in [0.15, 0.2) is 5.01 Å². The van der Waals surface area contributed by atoms with E-state index in [0.29, 0.717) is 43.0 Å². The molecule has 0 atom stereocenters. The van der Waals surface area contributed by atoms with E-state index in [2.05, 4.69) is 16.2 Å². The largest absolute Gasteiger partial charge is 0.336 e. The predicted molar refractivity (Wildman–Crippen MR) is 124 cm³/mol. The molecule has 8 heteroatoms. The molecule has 0 radical (unpaired) electrons. The van der Waals surface area contributed by atoms with E-state index >= 15 is 0 Å². The SMILES string of the molecule is C#Cc1ccc2nc(C(=O)N3CCC(NC)(C(=O)N(C=O)c4ccccc4)CC3)sc2c1. The van der Waals surface area contributed by atoms with Crippen LogP contribution in [0.2, 0.25) is 0 Å². The van der Waals surface area contributed by atoms with Crippen LogP contribution in [-0.4, -0.2) is 53.8 Å². The normalized spacial score (nSPS) is 15.2. The van der Waals surface area contributed by atoms with E-state index in [-0.39, 0.29) is 11.8 Å². The van der Waals surface area contributed by atoms with Gasteiger partial charge in [0.25, 0.3) is 11.8 Å². The lowest BCUT2D eigenvalue weighted by atomic mass is 9.86. The van der Waals surface area contributed by atoms with E-state index < -0.39 is 5.54 Å². The third kappa shape index (κ3) is 3.88. The molecular weight excluding hydrogens is 424 g/mol. The smallest absolute Gasteiger partial charge is 0.282 e. The maximum atomic E-state index is 13.3. The molecule has 1 saturated heterocycles. The second kappa shape index (κ2) is 8.91. The zero-order valence-electron chi connectivity index (χ0n) is 17.6. The molecule has 3 amide bonds. The summed E-state index contributed by atoms with van der Waals surface area (Å²) in [7, 11) is 1.71. The summed E-state index contributed by atoms with van der Waals surface area (Å²) in [5.41, 5.74) is 1.07. The number of hydrogen-bond acceptors (Lipinski definition) is 6. The number of likely N-dealkylation sites (tertiary alicyclic amines) is 1. The van der Waals surface area contributed by atoms with Crippen molar-refractivity contribution < 1.29 is 14.4 Å². The van der Waals surface area contributed by atoms with Crippen LogP contribution in [-0.2, 0) is 9.59 Å². The standard InChI is InChI=1S/C24H22N4O3S/c1-3-17-9-10-19-20(15-17)32-21(26-19)22(30)27-13-11-24(25-2,12-14-27)23(31)28(16-29)18-7-5-4-6-8-18/h1,4-10,15-16,25H,11-14H2,2H3. The Morgan fingerprint density at radius 2 is 1.94 bits per heavy atom. The van der Waals surface area contributed by atoms with Crippen molar-refractivity contribution in [3.05, 3.63) is 59.1 Å². The highest BCUT2D eigenvalue weighted by atomic mass is 32.1. The van der Waals surface area contributed by atoms with Crippen molar-refractivity contribution in [3.63, 3.8) is 0 Å². The van der Waals surface area contributed by atoms with Crippen LogP contribution in [0.4, 0.5) is 5.69 Å². The van der Waals surface area contributed by atoms with Gasteiger partial charge in [0.1, 0.15) is 5.54 Å². The van der Waals surface area contributed by atoms with Crippen LogP contribution in [0.25, 0.3) is 10.2 Å². The van der Waals surface area contributed by atoms with Gasteiger partial charge in [-0.2, -0.15) is 0 Å². The van der Waals surface area contributed by atoms with Crippen molar-refractivity contribution in [2.75, 3.05) is 25.0 Å². The Labute approximate surface area is 190 Å². The molecule has 1 aromatic heterocycles. The molecular formula is C24H22N4O3S. The lowest BCUT2D eigenvalue weighted by Gasteiger charge is -2.41. The number of hydrogen-bond donors (Lipinski definition) is 1. The number of likely N-dealkylation sites (N-methyl/N-ethyl adjacent to an activating group) is 1. The molecule has 3 aromatic rings. The molecule has 2 heterocycles. The van der Waals surface area contributed by atoms with E-state index in [1.807, 2.05) is 18.2 Å². The first-order chi connectivity index (χ1) is 15.5. The van der Waals surface area contributed by atoms with Crippen LogP contribution < -0.4 is 10.2 Å². The number of thiazole rings is 1. The summed E-state index contributed by atoms with van der Waals surface area (Å²) in [6, 6.07) is 14.3. The number of nitrogens with one attached hydrogen (secondary N) is 1. The molecule has 0 aliphatic carbocycles. The van der Waals surface area contributed by atoms with Crippen molar-refractivity contribution in [2.45, 2.75) is 18.4 Å². The quantitative estimate of drug-likeness (QED) is 0.481. The van der Waals surface area contributed by atoms with Gasteiger partial charge in [0.05, 0.1) is 15.9 Å². The van der Waals surface area contributed by atoms with Crippen LogP contribution in [0.5, 0.6) is 0 Å². The van der Waals surface area contributed by atoms with Gasteiger partial charge >= 0.3 is 0 Å². The number of rotatable bonds is 5. The highest BCUT2D eigenvalue weighted by Gasteiger charge is 2.44. The fourth-order valence-electron chi connectivity index (χ4n) is 3.95. The Morgan fingerprint density at radius 1 is 1.22 bits per heavy atom. The Morgan fingerprint density at radius 3 is 2.56 bits per heavy atom. The topological polar surface area (TPSA) is 82.6 Å². The maximum absolute atomic E-state index is 13.3. The average Bonchev–Trinajstić information content (AvgIpc) is 3.28. The van der Waals surface area contributed by atoms with Gasteiger partial charge in [-0.25, -0.2) is 4.98 Å². The number of carbonyl (C=O) groups excluding carboxylic acids is 3. The van der Waals surface area contributed by atoms with Crippen LogP contribution in [0, 0.1) is 12.3 Å². The molecule has 32 heavy (non-hydrogen) atoms. The third-order valence-corrected chi connectivity index (χ3v) is 6.89. The Bertz CT molecular complexity index is 1210. The summed E-state index contributed by atoms with van der Waals surface area (Å²) in [5, 5.41) is 3.51. The van der Waals surface area contributed by atoms with Gasteiger partial charge in [-0.15, -0.1) is 17.8 Å². The number of piperidine rings is 1. The molecule has 162 valence electrons. The minimum Gasteiger partial charge on any atom is -0.336 e. The maximum Gasteiger partial charge on any atom is 0.282 e. The van der Waals surface area contributed by atoms with Gasteiger partial charge in [-0.1, -0.05) is 24.1 Å². The van der Waals surface area contributed by atoms with Crippen LogP contribution in [0.3, 0.4) is 0 Å². The van der Waals surface area contributed by atoms with Crippen LogP contribution in [0.1, 0.15) is 28.2 Å². The number of benzene rings is 2. The van der Waals surface area contributed by atoms with Gasteiger partial charge < -0.3 is 10.2 Å². The Kier molecular flexibility index (Phi) is 6.04. The van der Waals surface area contributed by atoms with Gasteiger partial charge in [0.2, 0.25) is 6.41 Å². The molecule has 1 fully saturated rings. The number of fused-ring (bicyclic) bond motifs is 1. The number of terminal acetylenes is 1. The summed E-state index contributed by atoms with van der Waals surface area (Å²) in [5.74, 6) is 2.10. The summed E-state index contributed by atoms with van der Waals surface area (Å²) < 4.78 is 0.866. The summed E-state index contributed by atoms with van der Waals surface area (Å²) in [4.78, 5) is 45.4.